The zero-order valence-electron chi connectivity index (χ0n) is 8.25. The van der Waals surface area contributed by atoms with Gasteiger partial charge < -0.3 is 15.8 Å². The number of methoxy groups -OCH3 is 1. The molecule has 0 aromatic heterocycles. The number of carbonyl (C=O) groups excluding carboxylic acids is 1. The van der Waals surface area contributed by atoms with E-state index in [0.717, 1.165) is 19.4 Å². The van der Waals surface area contributed by atoms with Gasteiger partial charge in [-0.3, -0.25) is 4.79 Å². The van der Waals surface area contributed by atoms with Gasteiger partial charge >= 0.3 is 0 Å². The maximum atomic E-state index is 11.0. The Hall–Kier alpha value is -0.610. The fourth-order valence-electron chi connectivity index (χ4n) is 1.87. The van der Waals surface area contributed by atoms with Crippen LogP contribution in [0.25, 0.3) is 0 Å². The lowest BCUT2D eigenvalue weighted by Gasteiger charge is -2.26. The standard InChI is InChI=1S/C9H18N2O2/c1-6(9(10)12)8(13-2)7-4-3-5-11-7/h6-8,11H,3-5H2,1-2H3,(H2,10,12). The first-order valence-electron chi connectivity index (χ1n) is 4.72. The van der Waals surface area contributed by atoms with Crippen LogP contribution in [0, 0.1) is 5.92 Å². The smallest absolute Gasteiger partial charge is 0.222 e. The first kappa shape index (κ1) is 10.5. The number of carbonyl (C=O) groups is 1. The third-order valence-corrected chi connectivity index (χ3v) is 2.71. The molecule has 0 bridgehead atoms. The Morgan fingerprint density at radius 3 is 2.77 bits per heavy atom. The number of ether oxygens (including phenoxy) is 1. The molecule has 0 saturated carbocycles. The van der Waals surface area contributed by atoms with Crippen LogP contribution in [0.1, 0.15) is 19.8 Å². The van der Waals surface area contributed by atoms with Crippen LogP contribution in [0.4, 0.5) is 0 Å². The van der Waals surface area contributed by atoms with Gasteiger partial charge in [0.15, 0.2) is 0 Å². The number of amides is 1. The molecule has 4 heteroatoms. The maximum Gasteiger partial charge on any atom is 0.222 e. The minimum Gasteiger partial charge on any atom is -0.379 e. The van der Waals surface area contributed by atoms with E-state index in [-0.39, 0.29) is 24.0 Å². The van der Waals surface area contributed by atoms with Gasteiger partial charge in [-0.25, -0.2) is 0 Å². The molecule has 1 saturated heterocycles. The monoisotopic (exact) mass is 186 g/mol. The second kappa shape index (κ2) is 4.58. The van der Waals surface area contributed by atoms with Crippen LogP contribution in [0.2, 0.25) is 0 Å². The van der Waals surface area contributed by atoms with E-state index in [1.165, 1.54) is 0 Å². The van der Waals surface area contributed by atoms with E-state index in [0.29, 0.717) is 0 Å². The quantitative estimate of drug-likeness (QED) is 0.643. The van der Waals surface area contributed by atoms with Crippen molar-refractivity contribution in [1.29, 1.82) is 0 Å². The lowest BCUT2D eigenvalue weighted by Crippen LogP contribution is -2.44. The Labute approximate surface area is 78.8 Å². The fourth-order valence-corrected chi connectivity index (χ4v) is 1.87. The summed E-state index contributed by atoms with van der Waals surface area (Å²) in [5, 5.41) is 3.31. The summed E-state index contributed by atoms with van der Waals surface area (Å²) < 4.78 is 5.29. The summed E-state index contributed by atoms with van der Waals surface area (Å²) in [5.41, 5.74) is 5.23. The Balaban J connectivity index is 2.54. The number of hydrogen-bond donors (Lipinski definition) is 2. The third kappa shape index (κ3) is 2.42. The van der Waals surface area contributed by atoms with Crippen LogP contribution in [0.5, 0.6) is 0 Å². The highest BCUT2D eigenvalue weighted by molar-refractivity contribution is 5.77. The van der Waals surface area contributed by atoms with Gasteiger partial charge in [-0.15, -0.1) is 0 Å². The van der Waals surface area contributed by atoms with Crippen LogP contribution in [-0.4, -0.2) is 31.7 Å². The Kier molecular flexibility index (Phi) is 3.69. The normalized spacial score (nSPS) is 27.1. The molecule has 76 valence electrons. The predicted molar refractivity (Wildman–Crippen MR) is 50.2 cm³/mol. The highest BCUT2D eigenvalue weighted by atomic mass is 16.5. The number of nitrogens with two attached hydrogens (primary N) is 1. The molecule has 0 aromatic rings. The van der Waals surface area contributed by atoms with E-state index in [9.17, 15) is 4.79 Å². The van der Waals surface area contributed by atoms with Gasteiger partial charge in [0, 0.05) is 13.2 Å². The Bertz CT molecular complexity index is 178. The zero-order valence-corrected chi connectivity index (χ0v) is 8.25. The molecule has 1 aliphatic heterocycles. The summed E-state index contributed by atoms with van der Waals surface area (Å²) in [5.74, 6) is -0.513. The summed E-state index contributed by atoms with van der Waals surface area (Å²) in [7, 11) is 1.63. The van der Waals surface area contributed by atoms with Gasteiger partial charge in [0.05, 0.1) is 12.0 Å². The lowest BCUT2D eigenvalue weighted by molar-refractivity contribution is -0.126. The molecule has 0 spiro atoms. The van der Waals surface area contributed by atoms with Gasteiger partial charge in [0.2, 0.25) is 5.91 Å². The summed E-state index contributed by atoms with van der Waals surface area (Å²) in [6.07, 6.45) is 2.13. The van der Waals surface area contributed by atoms with Gasteiger partial charge in [0.1, 0.15) is 0 Å². The summed E-state index contributed by atoms with van der Waals surface area (Å²) >= 11 is 0. The average molecular weight is 186 g/mol. The van der Waals surface area contributed by atoms with Crippen molar-refractivity contribution < 1.29 is 9.53 Å². The minimum atomic E-state index is -0.291. The van der Waals surface area contributed by atoms with Crippen molar-refractivity contribution in [1.82, 2.24) is 5.32 Å². The number of hydrogen-bond acceptors (Lipinski definition) is 3. The molecule has 4 nitrogen and oxygen atoms in total. The van der Waals surface area contributed by atoms with Gasteiger partial charge in [-0.2, -0.15) is 0 Å². The van der Waals surface area contributed by atoms with Crippen molar-refractivity contribution >= 4 is 5.91 Å². The van der Waals surface area contributed by atoms with Crippen molar-refractivity contribution in [2.45, 2.75) is 31.9 Å². The van der Waals surface area contributed by atoms with Crippen LogP contribution in [0.3, 0.4) is 0 Å². The highest BCUT2D eigenvalue weighted by Gasteiger charge is 2.31. The van der Waals surface area contributed by atoms with Crippen molar-refractivity contribution in [2.24, 2.45) is 11.7 Å². The second-order valence-corrected chi connectivity index (χ2v) is 3.59. The zero-order chi connectivity index (χ0) is 9.84. The van der Waals surface area contributed by atoms with Crippen molar-refractivity contribution in [2.75, 3.05) is 13.7 Å². The Morgan fingerprint density at radius 1 is 1.69 bits per heavy atom. The van der Waals surface area contributed by atoms with E-state index in [4.69, 9.17) is 10.5 Å². The van der Waals surface area contributed by atoms with E-state index in [1.54, 1.807) is 7.11 Å². The molecule has 1 heterocycles. The summed E-state index contributed by atoms with van der Waals surface area (Å²) in [6, 6.07) is 0.285. The second-order valence-electron chi connectivity index (χ2n) is 3.59. The van der Waals surface area contributed by atoms with E-state index >= 15 is 0 Å². The third-order valence-electron chi connectivity index (χ3n) is 2.71. The van der Waals surface area contributed by atoms with Crippen LogP contribution >= 0.6 is 0 Å². The Morgan fingerprint density at radius 2 is 2.38 bits per heavy atom. The van der Waals surface area contributed by atoms with Gasteiger partial charge in [-0.05, 0) is 19.4 Å². The molecule has 3 atom stereocenters. The minimum absolute atomic E-state index is 0.0833. The van der Waals surface area contributed by atoms with E-state index in [2.05, 4.69) is 5.32 Å². The molecule has 13 heavy (non-hydrogen) atoms. The molecule has 0 aromatic carbocycles. The molecule has 0 radical (unpaired) electrons. The average Bonchev–Trinajstić information content (AvgIpc) is 2.58. The lowest BCUT2D eigenvalue weighted by atomic mass is 9.96. The molecule has 1 amide bonds. The number of nitrogens with one attached hydrogen (secondary N) is 1. The summed E-state index contributed by atoms with van der Waals surface area (Å²) in [6.45, 7) is 2.83. The summed E-state index contributed by atoms with van der Waals surface area (Å²) in [4.78, 5) is 11.0. The van der Waals surface area contributed by atoms with E-state index < -0.39 is 0 Å². The fraction of sp³-hybridized carbons (Fsp3) is 0.889. The van der Waals surface area contributed by atoms with Gasteiger partial charge in [-0.1, -0.05) is 6.92 Å². The van der Waals surface area contributed by atoms with Crippen molar-refractivity contribution in [3.63, 3.8) is 0 Å². The highest BCUT2D eigenvalue weighted by Crippen LogP contribution is 2.18. The number of rotatable bonds is 4. The predicted octanol–water partition coefficient (Wildman–Crippen LogP) is -0.125. The molecule has 1 aliphatic rings. The van der Waals surface area contributed by atoms with Crippen LogP contribution < -0.4 is 11.1 Å². The molecule has 0 aliphatic carbocycles. The largest absolute Gasteiger partial charge is 0.379 e. The molecule has 1 fully saturated rings. The SMILES string of the molecule is COC(C1CCCN1)C(C)C(N)=O. The van der Waals surface area contributed by atoms with Crippen molar-refractivity contribution in [3.05, 3.63) is 0 Å². The molecule has 3 N–H and O–H groups in total. The topological polar surface area (TPSA) is 64.3 Å². The van der Waals surface area contributed by atoms with Gasteiger partial charge in [0.25, 0.3) is 0 Å². The van der Waals surface area contributed by atoms with Crippen LogP contribution in [-0.2, 0) is 9.53 Å². The molecular weight excluding hydrogens is 168 g/mol. The van der Waals surface area contributed by atoms with E-state index in [1.807, 2.05) is 6.92 Å². The first-order chi connectivity index (χ1) is 6.16. The first-order valence-corrected chi connectivity index (χ1v) is 4.72. The molecule has 1 rings (SSSR count). The maximum absolute atomic E-state index is 11.0. The molecule has 3 unspecified atom stereocenters. The van der Waals surface area contributed by atoms with Crippen molar-refractivity contribution in [3.8, 4) is 0 Å². The molecular formula is C9H18N2O2. The number of primary amides is 1. The van der Waals surface area contributed by atoms with Crippen LogP contribution in [0.15, 0.2) is 0 Å².